The zero-order valence-electron chi connectivity index (χ0n) is 16.4. The topological polar surface area (TPSA) is 98.7 Å². The lowest BCUT2D eigenvalue weighted by atomic mass is 9.91. The molecule has 9 heteroatoms. The number of aliphatic hydroxyl groups is 1. The number of halogens is 2. The number of rotatable bonds is 6. The van der Waals surface area contributed by atoms with Gasteiger partial charge in [-0.2, -0.15) is 0 Å². The van der Waals surface area contributed by atoms with E-state index >= 15 is 0 Å². The molecule has 2 aromatic rings. The summed E-state index contributed by atoms with van der Waals surface area (Å²) in [5.41, 5.74) is 0.578. The molecule has 0 saturated carbocycles. The molecule has 7 nitrogen and oxygen atoms in total. The van der Waals surface area contributed by atoms with Crippen LogP contribution >= 0.6 is 11.6 Å². The molecule has 0 aromatic heterocycles. The molecule has 1 saturated heterocycles. The highest BCUT2D eigenvalue weighted by atomic mass is 35.5. The molecule has 2 atom stereocenters. The molecule has 4 amide bonds. The van der Waals surface area contributed by atoms with Gasteiger partial charge in [0.1, 0.15) is 17.9 Å². The Morgan fingerprint density at radius 1 is 1.27 bits per heavy atom. The van der Waals surface area contributed by atoms with Crippen LogP contribution in [-0.4, -0.2) is 40.9 Å². The number of aryl methyl sites for hydroxylation is 1. The van der Waals surface area contributed by atoms with Gasteiger partial charge >= 0.3 is 6.03 Å². The second-order valence-electron chi connectivity index (χ2n) is 7.31. The fourth-order valence-corrected chi connectivity index (χ4v) is 3.29. The van der Waals surface area contributed by atoms with Crippen molar-refractivity contribution >= 4 is 29.4 Å². The van der Waals surface area contributed by atoms with Crippen molar-refractivity contribution in [2.75, 3.05) is 13.1 Å². The second kappa shape index (κ2) is 8.41. The maximum Gasteiger partial charge on any atom is 0.325 e. The van der Waals surface area contributed by atoms with Gasteiger partial charge in [-0.3, -0.25) is 14.5 Å². The summed E-state index contributed by atoms with van der Waals surface area (Å²) in [6, 6.07) is 10.3. The summed E-state index contributed by atoms with van der Waals surface area (Å²) >= 11 is 5.61. The van der Waals surface area contributed by atoms with Crippen LogP contribution in [0.25, 0.3) is 0 Å². The molecule has 3 rings (SSSR count). The van der Waals surface area contributed by atoms with Crippen LogP contribution in [0, 0.1) is 12.7 Å². The number of urea groups is 1. The highest BCUT2D eigenvalue weighted by molar-refractivity contribution is 6.30. The summed E-state index contributed by atoms with van der Waals surface area (Å²) in [4.78, 5) is 38.2. The first-order valence-electron chi connectivity index (χ1n) is 9.23. The zero-order chi connectivity index (χ0) is 22.1. The van der Waals surface area contributed by atoms with Crippen LogP contribution in [0.1, 0.15) is 29.7 Å². The largest absolute Gasteiger partial charge is 0.387 e. The zero-order valence-corrected chi connectivity index (χ0v) is 17.2. The maximum atomic E-state index is 13.5. The minimum absolute atomic E-state index is 0.0785. The lowest BCUT2D eigenvalue weighted by Crippen LogP contribution is -2.43. The summed E-state index contributed by atoms with van der Waals surface area (Å²) in [5.74, 6) is -1.87. The van der Waals surface area contributed by atoms with Gasteiger partial charge in [-0.05, 0) is 37.1 Å². The Morgan fingerprint density at radius 2 is 1.93 bits per heavy atom. The molecule has 0 radical (unpaired) electrons. The summed E-state index contributed by atoms with van der Waals surface area (Å²) < 4.78 is 13.5. The van der Waals surface area contributed by atoms with Crippen LogP contribution in [0.2, 0.25) is 5.02 Å². The third-order valence-electron chi connectivity index (χ3n) is 5.03. The van der Waals surface area contributed by atoms with E-state index in [1.807, 2.05) is 19.1 Å². The van der Waals surface area contributed by atoms with Crippen molar-refractivity contribution in [1.29, 1.82) is 0 Å². The molecular weight excluding hydrogens is 413 g/mol. The van der Waals surface area contributed by atoms with Crippen LogP contribution < -0.4 is 10.6 Å². The van der Waals surface area contributed by atoms with E-state index < -0.39 is 41.9 Å². The normalized spacial score (nSPS) is 19.6. The van der Waals surface area contributed by atoms with Gasteiger partial charge in [0.05, 0.1) is 11.1 Å². The molecule has 1 heterocycles. The summed E-state index contributed by atoms with van der Waals surface area (Å²) in [7, 11) is 0. The van der Waals surface area contributed by atoms with Gasteiger partial charge < -0.3 is 15.7 Å². The molecule has 1 fully saturated rings. The van der Waals surface area contributed by atoms with Gasteiger partial charge in [0.2, 0.25) is 5.91 Å². The first-order chi connectivity index (χ1) is 14.1. The molecule has 0 unspecified atom stereocenters. The van der Waals surface area contributed by atoms with E-state index in [-0.39, 0.29) is 17.1 Å². The SMILES string of the molecule is Cc1ccc([C@]2(C)NC(=O)N(CC(=O)NC[C@@H](O)c3ccc(Cl)c(F)c3)C2=O)cc1. The number of nitrogens with zero attached hydrogens (tertiary/aromatic N) is 1. The van der Waals surface area contributed by atoms with Gasteiger partial charge in [-0.1, -0.05) is 47.5 Å². The van der Waals surface area contributed by atoms with Gasteiger partial charge in [0.15, 0.2) is 0 Å². The molecule has 3 N–H and O–H groups in total. The van der Waals surface area contributed by atoms with Crippen LogP contribution in [0.5, 0.6) is 0 Å². The molecule has 2 aromatic carbocycles. The van der Waals surface area contributed by atoms with E-state index in [2.05, 4.69) is 10.6 Å². The third kappa shape index (κ3) is 4.29. The van der Waals surface area contributed by atoms with Crippen molar-refractivity contribution in [3.8, 4) is 0 Å². The Labute approximate surface area is 177 Å². The lowest BCUT2D eigenvalue weighted by Gasteiger charge is -2.22. The Bertz CT molecular complexity index is 998. The van der Waals surface area contributed by atoms with Crippen LogP contribution in [-0.2, 0) is 15.1 Å². The summed E-state index contributed by atoms with van der Waals surface area (Å²) in [5, 5.41) is 15.1. The fourth-order valence-electron chi connectivity index (χ4n) is 3.17. The van der Waals surface area contributed by atoms with Crippen molar-refractivity contribution in [1.82, 2.24) is 15.5 Å². The molecule has 30 heavy (non-hydrogen) atoms. The molecule has 158 valence electrons. The van der Waals surface area contributed by atoms with E-state index in [0.717, 1.165) is 16.5 Å². The van der Waals surface area contributed by atoms with Crippen LogP contribution in [0.3, 0.4) is 0 Å². The second-order valence-corrected chi connectivity index (χ2v) is 7.71. The summed E-state index contributed by atoms with van der Waals surface area (Å²) in [6.07, 6.45) is -1.18. The first-order valence-corrected chi connectivity index (χ1v) is 9.60. The van der Waals surface area contributed by atoms with Crippen molar-refractivity contribution in [3.63, 3.8) is 0 Å². The molecule has 1 aliphatic rings. The lowest BCUT2D eigenvalue weighted by molar-refractivity contribution is -0.134. The van der Waals surface area contributed by atoms with Crippen LogP contribution in [0.4, 0.5) is 9.18 Å². The molecular formula is C21H21ClFN3O4. The number of aliphatic hydroxyl groups excluding tert-OH is 1. The first kappa shape index (κ1) is 21.7. The highest BCUT2D eigenvalue weighted by Gasteiger charge is 2.49. The number of imide groups is 1. The van der Waals surface area contributed by atoms with Crippen molar-refractivity contribution < 1.29 is 23.9 Å². The van der Waals surface area contributed by atoms with E-state index in [1.165, 1.54) is 12.1 Å². The predicted octanol–water partition coefficient (Wildman–Crippen LogP) is 2.40. The Morgan fingerprint density at radius 3 is 2.57 bits per heavy atom. The minimum Gasteiger partial charge on any atom is -0.387 e. The van der Waals surface area contributed by atoms with E-state index in [0.29, 0.717) is 5.56 Å². The van der Waals surface area contributed by atoms with Crippen molar-refractivity contribution in [2.45, 2.75) is 25.5 Å². The van der Waals surface area contributed by atoms with Crippen molar-refractivity contribution in [2.24, 2.45) is 0 Å². The number of hydrogen-bond acceptors (Lipinski definition) is 4. The summed E-state index contributed by atoms with van der Waals surface area (Å²) in [6.45, 7) is 2.76. The highest BCUT2D eigenvalue weighted by Crippen LogP contribution is 2.29. The number of amides is 4. The molecule has 1 aliphatic heterocycles. The quantitative estimate of drug-likeness (QED) is 0.609. The van der Waals surface area contributed by atoms with Gasteiger partial charge in [0, 0.05) is 6.54 Å². The fraction of sp³-hybridized carbons (Fsp3) is 0.286. The number of hydrogen-bond donors (Lipinski definition) is 3. The monoisotopic (exact) mass is 433 g/mol. The Balaban J connectivity index is 1.62. The number of benzene rings is 2. The average Bonchev–Trinajstić information content (AvgIpc) is 2.92. The number of nitrogens with one attached hydrogen (secondary N) is 2. The van der Waals surface area contributed by atoms with Crippen molar-refractivity contribution in [3.05, 3.63) is 70.0 Å². The smallest absolute Gasteiger partial charge is 0.325 e. The van der Waals surface area contributed by atoms with E-state index in [4.69, 9.17) is 11.6 Å². The standard InChI is InChI=1S/C21H21ClFN3O4/c1-12-3-6-14(7-4-12)21(2)19(29)26(20(30)25-21)11-18(28)24-10-17(27)13-5-8-15(22)16(23)9-13/h3-9,17,27H,10-11H2,1-2H3,(H,24,28)(H,25,30)/t17-,21+/m1/s1. The molecule has 0 spiro atoms. The van der Waals surface area contributed by atoms with E-state index in [1.54, 1.807) is 19.1 Å². The predicted molar refractivity (Wildman–Crippen MR) is 108 cm³/mol. The van der Waals surface area contributed by atoms with Gasteiger partial charge in [-0.25, -0.2) is 9.18 Å². The van der Waals surface area contributed by atoms with Gasteiger partial charge in [-0.15, -0.1) is 0 Å². The maximum absolute atomic E-state index is 13.5. The van der Waals surface area contributed by atoms with Gasteiger partial charge in [0.25, 0.3) is 5.91 Å². The van der Waals surface area contributed by atoms with Crippen LogP contribution in [0.15, 0.2) is 42.5 Å². The molecule has 0 bridgehead atoms. The van der Waals surface area contributed by atoms with E-state index in [9.17, 15) is 23.9 Å². The molecule has 0 aliphatic carbocycles. The third-order valence-corrected chi connectivity index (χ3v) is 5.33. The Kier molecular flexibility index (Phi) is 6.09. The average molecular weight is 434 g/mol. The number of carbonyl (C=O) groups excluding carboxylic acids is 3. The number of carbonyl (C=O) groups is 3. The Hall–Kier alpha value is -2.97. The minimum atomic E-state index is -1.27.